The van der Waals surface area contributed by atoms with Crippen LogP contribution >= 0.6 is 11.3 Å². The summed E-state index contributed by atoms with van der Waals surface area (Å²) in [6.45, 7) is 3.37. The van der Waals surface area contributed by atoms with E-state index in [0.717, 1.165) is 48.5 Å². The lowest BCUT2D eigenvalue weighted by atomic mass is 10.1. The number of rotatable bonds is 5. The SMILES string of the molecule is O=C(CN1CCCCCC1=O)NNC(=O)c1cc(-c2ccccc2)c(N2CCOCC2)s1. The van der Waals surface area contributed by atoms with Gasteiger partial charge in [-0.1, -0.05) is 36.8 Å². The molecule has 0 spiro atoms. The number of hydrogen-bond donors (Lipinski definition) is 2. The number of amides is 3. The Morgan fingerprint density at radius 1 is 1.00 bits per heavy atom. The van der Waals surface area contributed by atoms with Gasteiger partial charge in [-0.05, 0) is 24.5 Å². The van der Waals surface area contributed by atoms with Crippen molar-refractivity contribution in [1.82, 2.24) is 15.8 Å². The highest BCUT2D eigenvalue weighted by atomic mass is 32.1. The van der Waals surface area contributed by atoms with E-state index in [0.29, 0.717) is 31.1 Å². The number of nitrogens with zero attached hydrogens (tertiary/aromatic N) is 2. The Morgan fingerprint density at radius 3 is 2.56 bits per heavy atom. The first-order valence-electron chi connectivity index (χ1n) is 11.0. The summed E-state index contributed by atoms with van der Waals surface area (Å²) in [5.41, 5.74) is 6.99. The fraction of sp³-hybridized carbons (Fsp3) is 0.435. The maximum atomic E-state index is 12.8. The number of morpholine rings is 1. The van der Waals surface area contributed by atoms with E-state index in [1.807, 2.05) is 36.4 Å². The molecule has 32 heavy (non-hydrogen) atoms. The van der Waals surface area contributed by atoms with E-state index >= 15 is 0 Å². The van der Waals surface area contributed by atoms with Crippen molar-refractivity contribution < 1.29 is 19.1 Å². The lowest BCUT2D eigenvalue weighted by Gasteiger charge is -2.28. The number of anilines is 1. The van der Waals surface area contributed by atoms with Crippen molar-refractivity contribution in [3.63, 3.8) is 0 Å². The van der Waals surface area contributed by atoms with Crippen LogP contribution in [0.25, 0.3) is 11.1 Å². The summed E-state index contributed by atoms with van der Waals surface area (Å²) in [6.07, 6.45) is 3.23. The van der Waals surface area contributed by atoms with Crippen LogP contribution in [-0.2, 0) is 14.3 Å². The Labute approximate surface area is 191 Å². The number of carbonyl (C=O) groups is 3. The van der Waals surface area contributed by atoms with Crippen LogP contribution in [0.3, 0.4) is 0 Å². The molecule has 2 aliphatic rings. The van der Waals surface area contributed by atoms with E-state index in [9.17, 15) is 14.4 Å². The van der Waals surface area contributed by atoms with Crippen LogP contribution in [0.4, 0.5) is 5.00 Å². The number of hydrogen-bond acceptors (Lipinski definition) is 6. The van der Waals surface area contributed by atoms with Gasteiger partial charge in [-0.2, -0.15) is 0 Å². The van der Waals surface area contributed by atoms with Gasteiger partial charge in [-0.15, -0.1) is 11.3 Å². The molecule has 2 aliphatic heterocycles. The Balaban J connectivity index is 1.43. The summed E-state index contributed by atoms with van der Waals surface area (Å²) >= 11 is 1.40. The molecular formula is C23H28N4O4S. The van der Waals surface area contributed by atoms with E-state index in [1.54, 1.807) is 4.90 Å². The minimum Gasteiger partial charge on any atom is -0.378 e. The number of nitrogens with one attached hydrogen (secondary N) is 2. The molecule has 0 bridgehead atoms. The number of ether oxygens (including phenoxy) is 1. The number of benzene rings is 1. The van der Waals surface area contributed by atoms with Crippen molar-refractivity contribution in [2.45, 2.75) is 25.7 Å². The quantitative estimate of drug-likeness (QED) is 0.675. The number of hydrazine groups is 1. The smallest absolute Gasteiger partial charge is 0.279 e. The molecular weight excluding hydrogens is 428 g/mol. The van der Waals surface area contributed by atoms with Crippen LogP contribution in [0.2, 0.25) is 0 Å². The first-order chi connectivity index (χ1) is 15.6. The van der Waals surface area contributed by atoms with Crippen molar-refractivity contribution in [1.29, 1.82) is 0 Å². The van der Waals surface area contributed by atoms with Crippen LogP contribution in [0, 0.1) is 0 Å². The number of carbonyl (C=O) groups excluding carboxylic acids is 3. The predicted octanol–water partition coefficient (Wildman–Crippen LogP) is 2.42. The molecule has 1 aromatic carbocycles. The van der Waals surface area contributed by atoms with Gasteiger partial charge < -0.3 is 14.5 Å². The van der Waals surface area contributed by atoms with Gasteiger partial charge in [0.05, 0.1) is 23.1 Å². The summed E-state index contributed by atoms with van der Waals surface area (Å²) in [7, 11) is 0. The fourth-order valence-electron chi connectivity index (χ4n) is 3.93. The maximum Gasteiger partial charge on any atom is 0.279 e. The standard InChI is InChI=1S/C23H28N4O4S/c28-20(16-27-10-6-2-5-9-21(27)29)24-25-22(30)19-15-18(17-7-3-1-4-8-17)23(32-19)26-11-13-31-14-12-26/h1,3-4,7-8,15H,2,5-6,9-14,16H2,(H,24,28)(H,25,30). The average molecular weight is 457 g/mol. The van der Waals surface area contributed by atoms with Crippen LogP contribution < -0.4 is 15.8 Å². The van der Waals surface area contributed by atoms with Crippen molar-refractivity contribution in [2.24, 2.45) is 0 Å². The minimum absolute atomic E-state index is 0.00936. The minimum atomic E-state index is -0.401. The third-order valence-electron chi connectivity index (χ3n) is 5.64. The highest BCUT2D eigenvalue weighted by Crippen LogP contribution is 2.39. The van der Waals surface area contributed by atoms with Crippen LogP contribution in [-0.4, -0.2) is 62.0 Å². The lowest BCUT2D eigenvalue weighted by molar-refractivity contribution is -0.135. The van der Waals surface area contributed by atoms with Gasteiger partial charge in [-0.25, -0.2) is 0 Å². The van der Waals surface area contributed by atoms with Crippen LogP contribution in [0.1, 0.15) is 35.4 Å². The summed E-state index contributed by atoms with van der Waals surface area (Å²) in [6, 6.07) is 11.8. The molecule has 2 saturated heterocycles. The second kappa shape index (κ2) is 10.6. The van der Waals surface area contributed by atoms with Crippen LogP contribution in [0.5, 0.6) is 0 Å². The molecule has 3 amide bonds. The first-order valence-corrected chi connectivity index (χ1v) is 11.8. The molecule has 2 aromatic rings. The molecule has 0 radical (unpaired) electrons. The molecule has 2 fully saturated rings. The lowest BCUT2D eigenvalue weighted by Crippen LogP contribution is -2.47. The monoisotopic (exact) mass is 456 g/mol. The second-order valence-electron chi connectivity index (χ2n) is 7.92. The highest BCUT2D eigenvalue weighted by molar-refractivity contribution is 7.18. The third-order valence-corrected chi connectivity index (χ3v) is 6.84. The highest BCUT2D eigenvalue weighted by Gasteiger charge is 2.23. The average Bonchev–Trinajstić information content (AvgIpc) is 3.18. The van der Waals surface area contributed by atoms with Gasteiger partial charge in [0.15, 0.2) is 0 Å². The maximum absolute atomic E-state index is 12.8. The van der Waals surface area contributed by atoms with Gasteiger partial charge in [0, 0.05) is 31.6 Å². The zero-order chi connectivity index (χ0) is 22.3. The van der Waals surface area contributed by atoms with Crippen molar-refractivity contribution in [3.05, 3.63) is 41.3 Å². The van der Waals surface area contributed by atoms with Crippen LogP contribution in [0.15, 0.2) is 36.4 Å². The summed E-state index contributed by atoms with van der Waals surface area (Å²) in [5, 5.41) is 1.02. The van der Waals surface area contributed by atoms with Crippen molar-refractivity contribution in [2.75, 3.05) is 44.3 Å². The molecule has 0 unspecified atom stereocenters. The molecule has 170 valence electrons. The molecule has 1 aromatic heterocycles. The van der Waals surface area contributed by atoms with E-state index in [-0.39, 0.29) is 18.4 Å². The van der Waals surface area contributed by atoms with Gasteiger partial charge >= 0.3 is 0 Å². The van der Waals surface area contributed by atoms with Crippen molar-refractivity contribution >= 4 is 34.1 Å². The zero-order valence-corrected chi connectivity index (χ0v) is 18.8. The number of likely N-dealkylation sites (tertiary alicyclic amines) is 1. The van der Waals surface area contributed by atoms with Gasteiger partial charge in [0.1, 0.15) is 6.54 Å². The van der Waals surface area contributed by atoms with E-state index in [2.05, 4.69) is 15.8 Å². The molecule has 8 nitrogen and oxygen atoms in total. The Kier molecular flexibility index (Phi) is 7.39. The van der Waals surface area contributed by atoms with Gasteiger partial charge in [0.2, 0.25) is 5.91 Å². The summed E-state index contributed by atoms with van der Waals surface area (Å²) in [5.74, 6) is -0.783. The zero-order valence-electron chi connectivity index (χ0n) is 18.0. The molecule has 3 heterocycles. The molecule has 0 aliphatic carbocycles. The topological polar surface area (TPSA) is 91.0 Å². The summed E-state index contributed by atoms with van der Waals surface area (Å²) < 4.78 is 5.47. The summed E-state index contributed by atoms with van der Waals surface area (Å²) in [4.78, 5) is 41.5. The normalized spacial score (nSPS) is 17.1. The molecule has 0 atom stereocenters. The molecule has 4 rings (SSSR count). The molecule has 0 saturated carbocycles. The number of thiophene rings is 1. The third kappa shape index (κ3) is 5.46. The predicted molar refractivity (Wildman–Crippen MR) is 123 cm³/mol. The van der Waals surface area contributed by atoms with Gasteiger partial charge in [-0.3, -0.25) is 25.2 Å². The van der Waals surface area contributed by atoms with E-state index < -0.39 is 5.91 Å². The second-order valence-corrected chi connectivity index (χ2v) is 8.95. The largest absolute Gasteiger partial charge is 0.378 e. The first kappa shape index (κ1) is 22.3. The van der Waals surface area contributed by atoms with Gasteiger partial charge in [0.25, 0.3) is 11.8 Å². The Morgan fingerprint density at radius 2 is 1.78 bits per heavy atom. The fourth-order valence-corrected chi connectivity index (χ4v) is 5.05. The van der Waals surface area contributed by atoms with E-state index in [1.165, 1.54) is 11.3 Å². The molecule has 9 heteroatoms. The molecule has 2 N–H and O–H groups in total. The Bertz CT molecular complexity index is 956. The van der Waals surface area contributed by atoms with Crippen molar-refractivity contribution in [3.8, 4) is 11.1 Å². The van der Waals surface area contributed by atoms with E-state index in [4.69, 9.17) is 4.74 Å². The Hall–Kier alpha value is -2.91.